The van der Waals surface area contributed by atoms with E-state index in [0.29, 0.717) is 17.5 Å². The molecule has 7 heteroatoms. The molecule has 0 unspecified atom stereocenters. The zero-order chi connectivity index (χ0) is 17.6. The highest BCUT2D eigenvalue weighted by molar-refractivity contribution is 6.07. The van der Waals surface area contributed by atoms with Gasteiger partial charge in [0.2, 0.25) is 0 Å². The molecular weight excluding hydrogens is 322 g/mol. The molecule has 0 bridgehead atoms. The van der Waals surface area contributed by atoms with E-state index in [1.807, 2.05) is 13.0 Å². The number of carbonyl (C=O) groups excluding carboxylic acids is 2. The summed E-state index contributed by atoms with van der Waals surface area (Å²) in [6.45, 7) is 2.40. The van der Waals surface area contributed by atoms with Crippen LogP contribution in [-0.4, -0.2) is 33.5 Å². The molecule has 1 spiro atoms. The van der Waals surface area contributed by atoms with Crippen LogP contribution in [0.1, 0.15) is 32.6 Å². The van der Waals surface area contributed by atoms with Gasteiger partial charge in [0.05, 0.1) is 5.52 Å². The minimum Gasteiger partial charge on any atom is -0.408 e. The highest BCUT2D eigenvalue weighted by atomic mass is 16.4. The first-order chi connectivity index (χ1) is 12.0. The highest BCUT2D eigenvalue weighted by Gasteiger charge is 2.54. The third-order valence-electron chi connectivity index (χ3n) is 5.62. The summed E-state index contributed by atoms with van der Waals surface area (Å²) in [7, 11) is 0. The van der Waals surface area contributed by atoms with Crippen LogP contribution in [0, 0.1) is 5.92 Å². The summed E-state index contributed by atoms with van der Waals surface area (Å²) >= 11 is 0. The van der Waals surface area contributed by atoms with Crippen molar-refractivity contribution >= 4 is 23.0 Å². The van der Waals surface area contributed by atoms with Crippen molar-refractivity contribution in [2.75, 3.05) is 6.54 Å². The maximum Gasteiger partial charge on any atom is 0.420 e. The SMILES string of the molecule is C[C@H]1CCCC[C@@]12NC(=O)N(CCn1c(=O)oc3ccccc31)C2=O. The van der Waals surface area contributed by atoms with Gasteiger partial charge in [-0.15, -0.1) is 0 Å². The minimum atomic E-state index is -0.765. The number of nitrogens with zero attached hydrogens (tertiary/aromatic N) is 2. The lowest BCUT2D eigenvalue weighted by molar-refractivity contribution is -0.134. The average molecular weight is 343 g/mol. The fourth-order valence-electron chi connectivity index (χ4n) is 4.12. The number of benzene rings is 1. The van der Waals surface area contributed by atoms with Crippen molar-refractivity contribution in [2.45, 2.75) is 44.7 Å². The Morgan fingerprint density at radius 2 is 2.00 bits per heavy atom. The van der Waals surface area contributed by atoms with Gasteiger partial charge in [-0.2, -0.15) is 0 Å². The smallest absolute Gasteiger partial charge is 0.408 e. The molecule has 1 aromatic carbocycles. The number of rotatable bonds is 3. The van der Waals surface area contributed by atoms with Crippen LogP contribution in [0.4, 0.5) is 4.79 Å². The summed E-state index contributed by atoms with van der Waals surface area (Å²) in [4.78, 5) is 38.6. The third kappa shape index (κ3) is 2.37. The summed E-state index contributed by atoms with van der Waals surface area (Å²) in [6.07, 6.45) is 3.65. The zero-order valence-electron chi connectivity index (χ0n) is 14.2. The Bertz CT molecular complexity index is 899. The number of fused-ring (bicyclic) bond motifs is 1. The highest BCUT2D eigenvalue weighted by Crippen LogP contribution is 2.38. The molecule has 25 heavy (non-hydrogen) atoms. The molecule has 2 fully saturated rings. The number of para-hydroxylation sites is 2. The summed E-state index contributed by atoms with van der Waals surface area (Å²) in [5.74, 6) is -0.514. The van der Waals surface area contributed by atoms with Gasteiger partial charge in [0, 0.05) is 13.1 Å². The van der Waals surface area contributed by atoms with Gasteiger partial charge in [0.25, 0.3) is 5.91 Å². The number of hydrogen-bond donors (Lipinski definition) is 1. The fourth-order valence-corrected chi connectivity index (χ4v) is 4.12. The second kappa shape index (κ2) is 5.75. The Kier molecular flexibility index (Phi) is 3.67. The Balaban J connectivity index is 1.57. The van der Waals surface area contributed by atoms with Crippen LogP contribution in [0.15, 0.2) is 33.5 Å². The van der Waals surface area contributed by atoms with Crippen LogP contribution in [0.3, 0.4) is 0 Å². The quantitative estimate of drug-likeness (QED) is 0.865. The van der Waals surface area contributed by atoms with Crippen molar-refractivity contribution in [3.05, 3.63) is 34.8 Å². The first-order valence-corrected chi connectivity index (χ1v) is 8.75. The summed E-state index contributed by atoms with van der Waals surface area (Å²) in [6, 6.07) is 6.76. The number of oxazole rings is 1. The maximum atomic E-state index is 12.9. The van der Waals surface area contributed by atoms with Crippen LogP contribution in [0.2, 0.25) is 0 Å². The van der Waals surface area contributed by atoms with E-state index in [-0.39, 0.29) is 30.9 Å². The molecule has 2 heterocycles. The maximum absolute atomic E-state index is 12.9. The molecule has 2 atom stereocenters. The number of carbonyl (C=O) groups is 2. The lowest BCUT2D eigenvalue weighted by atomic mass is 9.73. The van der Waals surface area contributed by atoms with E-state index in [1.54, 1.807) is 18.2 Å². The van der Waals surface area contributed by atoms with Gasteiger partial charge in [0.1, 0.15) is 5.54 Å². The predicted octanol–water partition coefficient (Wildman–Crippen LogP) is 2.10. The lowest BCUT2D eigenvalue weighted by Gasteiger charge is -2.36. The first-order valence-electron chi connectivity index (χ1n) is 8.75. The molecule has 1 aliphatic carbocycles. The van der Waals surface area contributed by atoms with Crippen molar-refractivity contribution in [2.24, 2.45) is 5.92 Å². The zero-order valence-corrected chi connectivity index (χ0v) is 14.2. The van der Waals surface area contributed by atoms with E-state index in [2.05, 4.69) is 5.32 Å². The van der Waals surface area contributed by atoms with Gasteiger partial charge in [-0.1, -0.05) is 31.9 Å². The molecule has 132 valence electrons. The molecule has 1 saturated heterocycles. The van der Waals surface area contributed by atoms with E-state index >= 15 is 0 Å². The second-order valence-electron chi connectivity index (χ2n) is 6.99. The number of amides is 3. The minimum absolute atomic E-state index is 0.125. The predicted molar refractivity (Wildman–Crippen MR) is 91.1 cm³/mol. The molecule has 3 amide bonds. The van der Waals surface area contributed by atoms with Crippen LogP contribution < -0.4 is 11.1 Å². The molecule has 1 aliphatic heterocycles. The molecule has 2 aromatic rings. The summed E-state index contributed by atoms with van der Waals surface area (Å²) in [5.41, 5.74) is 0.404. The van der Waals surface area contributed by atoms with Gasteiger partial charge >= 0.3 is 11.8 Å². The number of urea groups is 1. The monoisotopic (exact) mass is 343 g/mol. The van der Waals surface area contributed by atoms with Crippen molar-refractivity contribution in [1.29, 1.82) is 0 Å². The number of aromatic nitrogens is 1. The summed E-state index contributed by atoms with van der Waals surface area (Å²) < 4.78 is 6.66. The van der Waals surface area contributed by atoms with Crippen LogP contribution >= 0.6 is 0 Å². The van der Waals surface area contributed by atoms with E-state index in [9.17, 15) is 14.4 Å². The molecule has 4 rings (SSSR count). The van der Waals surface area contributed by atoms with Gasteiger partial charge < -0.3 is 9.73 Å². The topological polar surface area (TPSA) is 84.6 Å². The van der Waals surface area contributed by atoms with E-state index < -0.39 is 11.3 Å². The molecular formula is C18H21N3O4. The van der Waals surface area contributed by atoms with Gasteiger partial charge in [-0.3, -0.25) is 14.3 Å². The Hall–Kier alpha value is -2.57. The van der Waals surface area contributed by atoms with Crippen LogP contribution in [-0.2, 0) is 11.3 Å². The van der Waals surface area contributed by atoms with Crippen molar-refractivity contribution in [3.8, 4) is 0 Å². The number of nitrogens with one attached hydrogen (secondary N) is 1. The normalized spacial score (nSPS) is 26.6. The molecule has 7 nitrogen and oxygen atoms in total. The van der Waals surface area contributed by atoms with E-state index in [4.69, 9.17) is 4.42 Å². The molecule has 1 saturated carbocycles. The molecule has 1 aromatic heterocycles. The van der Waals surface area contributed by atoms with Gasteiger partial charge in [0.15, 0.2) is 5.58 Å². The second-order valence-corrected chi connectivity index (χ2v) is 6.99. The van der Waals surface area contributed by atoms with E-state index in [1.165, 1.54) is 9.47 Å². The number of imide groups is 1. The van der Waals surface area contributed by atoms with Crippen molar-refractivity contribution < 1.29 is 14.0 Å². The average Bonchev–Trinajstić information content (AvgIpc) is 3.04. The van der Waals surface area contributed by atoms with Crippen LogP contribution in [0.5, 0.6) is 0 Å². The van der Waals surface area contributed by atoms with Crippen LogP contribution in [0.25, 0.3) is 11.1 Å². The lowest BCUT2D eigenvalue weighted by Crippen LogP contribution is -2.54. The standard InChI is InChI=1S/C18H21N3O4/c1-12-6-4-5-9-18(12)15(22)21(16(23)19-18)11-10-20-13-7-2-3-8-14(13)25-17(20)24/h2-3,7-8,12H,4-6,9-11H2,1H3,(H,19,23)/t12-,18+/m0/s1. The molecule has 1 N–H and O–H groups in total. The molecule has 0 radical (unpaired) electrons. The first kappa shape index (κ1) is 15.9. The Morgan fingerprint density at radius 1 is 1.20 bits per heavy atom. The van der Waals surface area contributed by atoms with Gasteiger partial charge in [-0.05, 0) is 30.9 Å². The Labute approximate surface area is 144 Å². The third-order valence-corrected chi connectivity index (χ3v) is 5.62. The number of hydrogen-bond acceptors (Lipinski definition) is 4. The summed E-state index contributed by atoms with van der Waals surface area (Å²) in [5, 5.41) is 2.93. The van der Waals surface area contributed by atoms with E-state index in [0.717, 1.165) is 19.3 Å². The van der Waals surface area contributed by atoms with Crippen molar-refractivity contribution in [3.63, 3.8) is 0 Å². The van der Waals surface area contributed by atoms with Crippen molar-refractivity contribution in [1.82, 2.24) is 14.8 Å². The Morgan fingerprint density at radius 3 is 2.80 bits per heavy atom. The van der Waals surface area contributed by atoms with Gasteiger partial charge in [-0.25, -0.2) is 9.59 Å². The largest absolute Gasteiger partial charge is 0.420 e. The fraction of sp³-hybridized carbons (Fsp3) is 0.500. The molecule has 2 aliphatic rings.